The van der Waals surface area contributed by atoms with Gasteiger partial charge >= 0.3 is 0 Å². The molecule has 1 aromatic rings. The van der Waals surface area contributed by atoms with Gasteiger partial charge in [0.25, 0.3) is 0 Å². The lowest BCUT2D eigenvalue weighted by Gasteiger charge is -2.19. The van der Waals surface area contributed by atoms with Gasteiger partial charge in [-0.3, -0.25) is 4.79 Å². The highest BCUT2D eigenvalue weighted by molar-refractivity contribution is 8.00. The average Bonchev–Trinajstić information content (AvgIpc) is 2.17. The molecule has 0 radical (unpaired) electrons. The first-order valence-corrected chi connectivity index (χ1v) is 6.25. The number of carbonyl (C=O) groups is 1. The molecule has 1 amide bonds. The first kappa shape index (κ1) is 13.1. The van der Waals surface area contributed by atoms with Crippen LogP contribution in [0, 0.1) is 0 Å². The molecule has 2 nitrogen and oxygen atoms in total. The van der Waals surface area contributed by atoms with Crippen molar-refractivity contribution in [3.05, 3.63) is 29.8 Å². The van der Waals surface area contributed by atoms with Crippen molar-refractivity contribution in [1.29, 1.82) is 0 Å². The Kier molecular flexibility index (Phi) is 4.03. The van der Waals surface area contributed by atoms with Crippen molar-refractivity contribution in [3.63, 3.8) is 0 Å². The summed E-state index contributed by atoms with van der Waals surface area (Å²) in [5, 5.41) is -0.180. The minimum Gasteiger partial charge on any atom is -0.369 e. The molecular formula is C13H19NOS. The zero-order valence-electron chi connectivity index (χ0n) is 10.3. The Bertz CT molecular complexity index is 365. The van der Waals surface area contributed by atoms with Gasteiger partial charge in [0, 0.05) is 4.90 Å². The van der Waals surface area contributed by atoms with Crippen LogP contribution >= 0.6 is 11.8 Å². The second-order valence-electron chi connectivity index (χ2n) is 4.94. The summed E-state index contributed by atoms with van der Waals surface area (Å²) < 4.78 is 0. The van der Waals surface area contributed by atoms with Crippen molar-refractivity contribution in [3.8, 4) is 0 Å². The third kappa shape index (κ3) is 3.56. The number of primary amides is 1. The van der Waals surface area contributed by atoms with Crippen molar-refractivity contribution in [1.82, 2.24) is 0 Å². The molecule has 1 rings (SSSR count). The SMILES string of the molecule is C[C@@H](Sc1ccc(C(C)(C)C)cc1)C(N)=O. The van der Waals surface area contributed by atoms with E-state index in [2.05, 4.69) is 32.9 Å². The molecule has 0 unspecified atom stereocenters. The van der Waals surface area contributed by atoms with Gasteiger partial charge in [-0.15, -0.1) is 11.8 Å². The third-order valence-corrected chi connectivity index (χ3v) is 3.56. The number of hydrogen-bond donors (Lipinski definition) is 1. The smallest absolute Gasteiger partial charge is 0.230 e. The van der Waals surface area contributed by atoms with Crippen LogP contribution in [0.1, 0.15) is 33.3 Å². The van der Waals surface area contributed by atoms with Gasteiger partial charge in [-0.05, 0) is 30.0 Å². The molecule has 0 heterocycles. The van der Waals surface area contributed by atoms with E-state index in [1.165, 1.54) is 17.3 Å². The molecule has 0 aliphatic heterocycles. The van der Waals surface area contributed by atoms with Gasteiger partial charge in [0.2, 0.25) is 5.91 Å². The van der Waals surface area contributed by atoms with Gasteiger partial charge in [-0.2, -0.15) is 0 Å². The summed E-state index contributed by atoms with van der Waals surface area (Å²) in [5.74, 6) is -0.273. The number of carbonyl (C=O) groups excluding carboxylic acids is 1. The molecule has 0 aliphatic carbocycles. The van der Waals surface area contributed by atoms with Crippen molar-refractivity contribution in [2.75, 3.05) is 0 Å². The Labute approximate surface area is 102 Å². The molecule has 0 aromatic heterocycles. The Balaban J connectivity index is 2.76. The summed E-state index contributed by atoms with van der Waals surface area (Å²) in [4.78, 5) is 12.0. The van der Waals surface area contributed by atoms with Crippen LogP contribution in [0.4, 0.5) is 0 Å². The number of benzene rings is 1. The normalized spacial score (nSPS) is 13.5. The van der Waals surface area contributed by atoms with Crippen LogP contribution in [0.15, 0.2) is 29.2 Å². The van der Waals surface area contributed by atoms with Gasteiger partial charge in [0.15, 0.2) is 0 Å². The van der Waals surface area contributed by atoms with Gasteiger partial charge in [-0.25, -0.2) is 0 Å². The lowest BCUT2D eigenvalue weighted by Crippen LogP contribution is -2.22. The van der Waals surface area contributed by atoms with Crippen molar-refractivity contribution in [2.24, 2.45) is 5.73 Å². The number of rotatable bonds is 3. The van der Waals surface area contributed by atoms with Crippen LogP contribution in [0.5, 0.6) is 0 Å². The summed E-state index contributed by atoms with van der Waals surface area (Å²) in [5.41, 5.74) is 6.68. The second kappa shape index (κ2) is 4.91. The van der Waals surface area contributed by atoms with Crippen LogP contribution < -0.4 is 5.73 Å². The first-order valence-electron chi connectivity index (χ1n) is 5.37. The quantitative estimate of drug-likeness (QED) is 0.821. The second-order valence-corrected chi connectivity index (χ2v) is 6.35. The highest BCUT2D eigenvalue weighted by Gasteiger charge is 2.14. The standard InChI is InChI=1S/C13H19NOS/c1-9(12(14)15)16-11-7-5-10(6-8-11)13(2,3)4/h5-9H,1-4H3,(H2,14,15)/t9-/m1/s1. The highest BCUT2D eigenvalue weighted by Crippen LogP contribution is 2.27. The molecule has 0 saturated heterocycles. The molecule has 0 aliphatic rings. The molecule has 0 saturated carbocycles. The predicted molar refractivity (Wildman–Crippen MR) is 69.7 cm³/mol. The van der Waals surface area contributed by atoms with Crippen LogP contribution in [0.3, 0.4) is 0 Å². The van der Waals surface area contributed by atoms with Gasteiger partial charge in [0.05, 0.1) is 5.25 Å². The van der Waals surface area contributed by atoms with E-state index < -0.39 is 0 Å². The van der Waals surface area contributed by atoms with E-state index in [4.69, 9.17) is 5.73 Å². The van der Waals surface area contributed by atoms with Gasteiger partial charge in [0.1, 0.15) is 0 Å². The molecule has 1 aromatic carbocycles. The Morgan fingerprint density at radius 1 is 1.25 bits per heavy atom. The van der Waals surface area contributed by atoms with Crippen molar-refractivity contribution in [2.45, 2.75) is 43.3 Å². The van der Waals surface area contributed by atoms with E-state index in [1.54, 1.807) is 0 Å². The molecule has 2 N–H and O–H groups in total. The van der Waals surface area contributed by atoms with Crippen molar-refractivity contribution >= 4 is 17.7 Å². The Hall–Kier alpha value is -0.960. The van der Waals surface area contributed by atoms with E-state index in [-0.39, 0.29) is 16.6 Å². The maximum atomic E-state index is 10.9. The number of nitrogens with two attached hydrogens (primary N) is 1. The van der Waals surface area contributed by atoms with Crippen LogP contribution in [0.2, 0.25) is 0 Å². The molecule has 0 fully saturated rings. The highest BCUT2D eigenvalue weighted by atomic mass is 32.2. The van der Waals surface area contributed by atoms with E-state index in [0.717, 1.165) is 4.90 Å². The summed E-state index contributed by atoms with van der Waals surface area (Å²) in [7, 11) is 0. The van der Waals surface area contributed by atoms with Crippen LogP contribution in [0.25, 0.3) is 0 Å². The molecule has 1 atom stereocenters. The van der Waals surface area contributed by atoms with Crippen LogP contribution in [-0.4, -0.2) is 11.2 Å². The zero-order chi connectivity index (χ0) is 12.3. The van der Waals surface area contributed by atoms with Crippen LogP contribution in [-0.2, 0) is 10.2 Å². The minimum atomic E-state index is -0.273. The summed E-state index contributed by atoms with van der Waals surface area (Å²) in [6.45, 7) is 8.37. The molecule has 88 valence electrons. The minimum absolute atomic E-state index is 0.165. The molecule has 3 heteroatoms. The van der Waals surface area contributed by atoms with E-state index in [1.807, 2.05) is 19.1 Å². The van der Waals surface area contributed by atoms with Crippen molar-refractivity contribution < 1.29 is 4.79 Å². The molecule has 0 spiro atoms. The topological polar surface area (TPSA) is 43.1 Å². The number of thioether (sulfide) groups is 1. The average molecular weight is 237 g/mol. The fourth-order valence-electron chi connectivity index (χ4n) is 1.30. The lowest BCUT2D eigenvalue weighted by molar-refractivity contribution is -0.117. The summed E-state index contributed by atoms with van der Waals surface area (Å²) in [6, 6.07) is 8.31. The monoisotopic (exact) mass is 237 g/mol. The third-order valence-electron chi connectivity index (χ3n) is 2.43. The fraction of sp³-hybridized carbons (Fsp3) is 0.462. The van der Waals surface area contributed by atoms with Gasteiger partial charge < -0.3 is 5.73 Å². The number of amides is 1. The maximum Gasteiger partial charge on any atom is 0.230 e. The van der Waals surface area contributed by atoms with E-state index >= 15 is 0 Å². The zero-order valence-corrected chi connectivity index (χ0v) is 11.1. The summed E-state index contributed by atoms with van der Waals surface area (Å²) >= 11 is 1.50. The lowest BCUT2D eigenvalue weighted by atomic mass is 9.87. The number of hydrogen-bond acceptors (Lipinski definition) is 2. The molecule has 16 heavy (non-hydrogen) atoms. The Morgan fingerprint density at radius 2 is 1.75 bits per heavy atom. The maximum absolute atomic E-state index is 10.9. The van der Waals surface area contributed by atoms with E-state index in [0.29, 0.717) is 0 Å². The Morgan fingerprint density at radius 3 is 2.12 bits per heavy atom. The molecular weight excluding hydrogens is 218 g/mol. The first-order chi connectivity index (χ1) is 7.30. The van der Waals surface area contributed by atoms with E-state index in [9.17, 15) is 4.79 Å². The van der Waals surface area contributed by atoms with Gasteiger partial charge in [-0.1, -0.05) is 32.9 Å². The summed E-state index contributed by atoms with van der Waals surface area (Å²) in [6.07, 6.45) is 0. The largest absolute Gasteiger partial charge is 0.369 e. The fourth-order valence-corrected chi connectivity index (χ4v) is 2.11. The molecule has 0 bridgehead atoms. The predicted octanol–water partition coefficient (Wildman–Crippen LogP) is 2.95.